The summed E-state index contributed by atoms with van der Waals surface area (Å²) in [6.07, 6.45) is 3.15. The zero-order valence-electron chi connectivity index (χ0n) is 14.0. The van der Waals surface area contributed by atoms with Crippen molar-refractivity contribution in [1.29, 1.82) is 0 Å². The van der Waals surface area contributed by atoms with Gasteiger partial charge in [-0.1, -0.05) is 11.6 Å². The highest BCUT2D eigenvalue weighted by Crippen LogP contribution is 2.40. The third kappa shape index (κ3) is 4.06. The molecule has 1 aliphatic heterocycles. The van der Waals surface area contributed by atoms with Crippen molar-refractivity contribution in [2.45, 2.75) is 6.92 Å². The number of hydrogen-bond donors (Lipinski definition) is 1. The first-order valence-corrected chi connectivity index (χ1v) is 8.17. The Bertz CT molecular complexity index is 815. The molecule has 25 heavy (non-hydrogen) atoms. The molecule has 1 N–H and O–H groups in total. The van der Waals surface area contributed by atoms with Crippen molar-refractivity contribution in [3.05, 3.63) is 52.6 Å². The summed E-state index contributed by atoms with van der Waals surface area (Å²) in [7, 11) is 1.57. The Morgan fingerprint density at radius 2 is 2.04 bits per heavy atom. The van der Waals surface area contributed by atoms with E-state index in [1.807, 2.05) is 13.0 Å². The standard InChI is InChI=1S/C19H18ClNO4/c1-12-9-14(20)4-5-15(12)21-18(22)6-3-13-10-16(23-2)19-17(11-13)24-7-8-25-19/h3-6,9-11H,7-8H2,1-2H3,(H,21,22)/b6-3+. The lowest BCUT2D eigenvalue weighted by molar-refractivity contribution is -0.111. The highest BCUT2D eigenvalue weighted by molar-refractivity contribution is 6.30. The number of ether oxygens (including phenoxy) is 3. The van der Waals surface area contributed by atoms with Gasteiger partial charge in [-0.25, -0.2) is 0 Å². The summed E-state index contributed by atoms with van der Waals surface area (Å²) in [5.41, 5.74) is 2.40. The normalized spacial score (nSPS) is 12.9. The summed E-state index contributed by atoms with van der Waals surface area (Å²) in [6.45, 7) is 2.86. The van der Waals surface area contributed by atoms with Crippen LogP contribution in [0.25, 0.3) is 6.08 Å². The number of carbonyl (C=O) groups excluding carboxylic acids is 1. The van der Waals surface area contributed by atoms with Crippen LogP contribution < -0.4 is 19.5 Å². The van der Waals surface area contributed by atoms with Crippen LogP contribution in [0.4, 0.5) is 5.69 Å². The quantitative estimate of drug-likeness (QED) is 0.836. The van der Waals surface area contributed by atoms with Crippen LogP contribution in [0.2, 0.25) is 5.02 Å². The number of halogens is 1. The van der Waals surface area contributed by atoms with Crippen LogP contribution in [-0.4, -0.2) is 26.2 Å². The predicted octanol–water partition coefficient (Wildman–Crippen LogP) is 4.08. The van der Waals surface area contributed by atoms with Gasteiger partial charge in [-0.2, -0.15) is 0 Å². The molecule has 0 unspecified atom stereocenters. The number of benzene rings is 2. The lowest BCUT2D eigenvalue weighted by atomic mass is 10.1. The molecule has 0 atom stereocenters. The number of hydrogen-bond acceptors (Lipinski definition) is 4. The van der Waals surface area contributed by atoms with Crippen molar-refractivity contribution in [2.24, 2.45) is 0 Å². The van der Waals surface area contributed by atoms with Crippen molar-refractivity contribution in [3.8, 4) is 17.2 Å². The Balaban J connectivity index is 1.76. The monoisotopic (exact) mass is 359 g/mol. The Kier molecular flexibility index (Phi) is 5.14. The highest BCUT2D eigenvalue weighted by atomic mass is 35.5. The summed E-state index contributed by atoms with van der Waals surface area (Å²) in [5, 5.41) is 3.46. The van der Waals surface area contributed by atoms with Gasteiger partial charge in [0.25, 0.3) is 0 Å². The average Bonchev–Trinajstić information content (AvgIpc) is 2.61. The molecule has 1 aliphatic rings. The first kappa shape index (κ1) is 17.2. The van der Waals surface area contributed by atoms with Crippen molar-refractivity contribution >= 4 is 29.3 Å². The predicted molar refractivity (Wildman–Crippen MR) is 97.8 cm³/mol. The van der Waals surface area contributed by atoms with Gasteiger partial charge < -0.3 is 19.5 Å². The lowest BCUT2D eigenvalue weighted by Crippen LogP contribution is -2.16. The zero-order valence-corrected chi connectivity index (χ0v) is 14.7. The van der Waals surface area contributed by atoms with Crippen LogP contribution >= 0.6 is 11.6 Å². The van der Waals surface area contributed by atoms with Gasteiger partial charge in [0.1, 0.15) is 13.2 Å². The van der Waals surface area contributed by atoms with E-state index < -0.39 is 0 Å². The average molecular weight is 360 g/mol. The SMILES string of the molecule is COc1cc(/C=C/C(=O)Nc2ccc(Cl)cc2C)cc2c1OCCO2. The summed E-state index contributed by atoms with van der Waals surface area (Å²) >= 11 is 5.92. The van der Waals surface area contributed by atoms with Crippen LogP contribution in [0.1, 0.15) is 11.1 Å². The summed E-state index contributed by atoms with van der Waals surface area (Å²) in [4.78, 5) is 12.1. The molecule has 5 nitrogen and oxygen atoms in total. The van der Waals surface area contributed by atoms with E-state index in [9.17, 15) is 4.79 Å². The molecule has 130 valence electrons. The van der Waals surface area contributed by atoms with E-state index in [0.29, 0.717) is 35.5 Å². The maximum atomic E-state index is 12.1. The van der Waals surface area contributed by atoms with Crippen molar-refractivity contribution < 1.29 is 19.0 Å². The van der Waals surface area contributed by atoms with E-state index in [1.54, 1.807) is 37.5 Å². The number of fused-ring (bicyclic) bond motifs is 1. The molecule has 6 heteroatoms. The molecule has 0 bridgehead atoms. The molecule has 0 saturated carbocycles. The van der Waals surface area contributed by atoms with Gasteiger partial charge in [-0.15, -0.1) is 0 Å². The minimum Gasteiger partial charge on any atom is -0.493 e. The van der Waals surface area contributed by atoms with Gasteiger partial charge in [-0.3, -0.25) is 4.79 Å². The van der Waals surface area contributed by atoms with E-state index >= 15 is 0 Å². The second kappa shape index (κ2) is 7.49. The Labute approximate surface area is 151 Å². The third-order valence-corrected chi connectivity index (χ3v) is 3.96. The number of anilines is 1. The van der Waals surface area contributed by atoms with Gasteiger partial charge in [0.05, 0.1) is 7.11 Å². The maximum Gasteiger partial charge on any atom is 0.248 e. The molecule has 1 amide bonds. The number of aryl methyl sites for hydroxylation is 1. The highest BCUT2D eigenvalue weighted by Gasteiger charge is 2.17. The second-order valence-electron chi connectivity index (χ2n) is 5.53. The molecule has 0 fully saturated rings. The molecule has 0 spiro atoms. The minimum atomic E-state index is -0.237. The van der Waals surface area contributed by atoms with Crippen LogP contribution in [0.15, 0.2) is 36.4 Å². The van der Waals surface area contributed by atoms with Crippen LogP contribution in [-0.2, 0) is 4.79 Å². The van der Waals surface area contributed by atoms with E-state index in [2.05, 4.69) is 5.32 Å². The first-order chi connectivity index (χ1) is 12.1. The fourth-order valence-electron chi connectivity index (χ4n) is 2.50. The molecule has 0 aliphatic carbocycles. The van der Waals surface area contributed by atoms with Crippen LogP contribution in [0.5, 0.6) is 17.2 Å². The zero-order chi connectivity index (χ0) is 17.8. The van der Waals surface area contributed by atoms with E-state index in [1.165, 1.54) is 6.08 Å². The van der Waals surface area contributed by atoms with Gasteiger partial charge >= 0.3 is 0 Å². The number of methoxy groups -OCH3 is 1. The minimum absolute atomic E-state index is 0.237. The number of rotatable bonds is 4. The molecule has 2 aromatic carbocycles. The Hall–Kier alpha value is -2.66. The smallest absolute Gasteiger partial charge is 0.248 e. The maximum absolute atomic E-state index is 12.1. The molecule has 3 rings (SSSR count). The number of carbonyl (C=O) groups is 1. The van der Waals surface area contributed by atoms with Crippen LogP contribution in [0, 0.1) is 6.92 Å². The summed E-state index contributed by atoms with van der Waals surface area (Å²) in [6, 6.07) is 8.92. The van der Waals surface area contributed by atoms with E-state index in [0.717, 1.165) is 16.8 Å². The second-order valence-corrected chi connectivity index (χ2v) is 5.97. The number of amides is 1. The van der Waals surface area contributed by atoms with Crippen LogP contribution in [0.3, 0.4) is 0 Å². The number of nitrogens with one attached hydrogen (secondary N) is 1. The topological polar surface area (TPSA) is 56.8 Å². The third-order valence-electron chi connectivity index (χ3n) is 3.72. The summed E-state index contributed by atoms with van der Waals surface area (Å²) in [5.74, 6) is 1.54. The fraction of sp³-hybridized carbons (Fsp3) is 0.211. The first-order valence-electron chi connectivity index (χ1n) is 7.79. The Morgan fingerprint density at radius 3 is 2.80 bits per heavy atom. The molecule has 0 radical (unpaired) electrons. The Morgan fingerprint density at radius 1 is 1.24 bits per heavy atom. The fourth-order valence-corrected chi connectivity index (χ4v) is 2.73. The molecular weight excluding hydrogens is 342 g/mol. The van der Waals surface area contributed by atoms with Crippen molar-refractivity contribution in [1.82, 2.24) is 0 Å². The molecule has 1 heterocycles. The van der Waals surface area contributed by atoms with E-state index in [4.69, 9.17) is 25.8 Å². The lowest BCUT2D eigenvalue weighted by Gasteiger charge is -2.20. The van der Waals surface area contributed by atoms with Gasteiger partial charge in [-0.05, 0) is 54.5 Å². The molecular formula is C19H18ClNO4. The van der Waals surface area contributed by atoms with Gasteiger partial charge in [0, 0.05) is 16.8 Å². The van der Waals surface area contributed by atoms with Gasteiger partial charge in [0.2, 0.25) is 11.7 Å². The summed E-state index contributed by atoms with van der Waals surface area (Å²) < 4.78 is 16.5. The molecule has 0 aromatic heterocycles. The molecule has 2 aromatic rings. The van der Waals surface area contributed by atoms with Crippen molar-refractivity contribution in [2.75, 3.05) is 25.6 Å². The van der Waals surface area contributed by atoms with E-state index in [-0.39, 0.29) is 5.91 Å². The largest absolute Gasteiger partial charge is 0.493 e. The van der Waals surface area contributed by atoms with Crippen molar-refractivity contribution in [3.63, 3.8) is 0 Å². The van der Waals surface area contributed by atoms with Gasteiger partial charge in [0.15, 0.2) is 11.5 Å². The molecule has 0 saturated heterocycles.